The molecule has 1 spiro atoms. The molecular weight excluding hydrogens is 388 g/mol. The summed E-state index contributed by atoms with van der Waals surface area (Å²) >= 11 is 6.67. The number of aromatic nitrogens is 1. The van der Waals surface area contributed by atoms with E-state index in [2.05, 4.69) is 67.5 Å². The van der Waals surface area contributed by atoms with Crippen molar-refractivity contribution in [1.82, 2.24) is 10.3 Å². The Hall–Kier alpha value is -1.77. The fraction of sp³-hybridized carbons (Fsp3) is 0.481. The van der Waals surface area contributed by atoms with E-state index in [1.165, 1.54) is 59.8 Å². The maximum absolute atomic E-state index is 6.67. The van der Waals surface area contributed by atoms with Gasteiger partial charge in [-0.15, -0.1) is 0 Å². The number of para-hydroxylation sites is 1. The van der Waals surface area contributed by atoms with Crippen molar-refractivity contribution >= 4 is 22.5 Å². The molecule has 2 heterocycles. The number of halogens is 1. The van der Waals surface area contributed by atoms with Crippen molar-refractivity contribution in [2.24, 2.45) is 11.3 Å². The molecule has 3 heteroatoms. The van der Waals surface area contributed by atoms with Crippen molar-refractivity contribution in [3.8, 4) is 0 Å². The van der Waals surface area contributed by atoms with Gasteiger partial charge in [-0.2, -0.15) is 0 Å². The molecule has 0 unspecified atom stereocenters. The fourth-order valence-corrected chi connectivity index (χ4v) is 6.29. The van der Waals surface area contributed by atoms with E-state index in [4.69, 9.17) is 11.6 Å². The maximum atomic E-state index is 6.67. The average Bonchev–Trinajstić information content (AvgIpc) is 3.16. The van der Waals surface area contributed by atoms with Crippen LogP contribution in [0.2, 0.25) is 5.02 Å². The monoisotopic (exact) mass is 420 g/mol. The lowest BCUT2D eigenvalue weighted by atomic mass is 9.63. The summed E-state index contributed by atoms with van der Waals surface area (Å²) < 4.78 is 0. The minimum absolute atomic E-state index is 0.0619. The summed E-state index contributed by atoms with van der Waals surface area (Å²) in [6.45, 7) is 8.19. The predicted molar refractivity (Wildman–Crippen MR) is 127 cm³/mol. The molecule has 1 atom stereocenters. The van der Waals surface area contributed by atoms with Gasteiger partial charge in [-0.3, -0.25) is 0 Å². The molecule has 1 saturated carbocycles. The van der Waals surface area contributed by atoms with Crippen LogP contribution >= 0.6 is 11.6 Å². The number of hydrogen-bond acceptors (Lipinski definition) is 1. The summed E-state index contributed by atoms with van der Waals surface area (Å²) in [5, 5.41) is 6.25. The number of aromatic amines is 1. The van der Waals surface area contributed by atoms with E-state index in [1.807, 2.05) is 12.1 Å². The van der Waals surface area contributed by atoms with Gasteiger partial charge in [0.15, 0.2) is 0 Å². The van der Waals surface area contributed by atoms with E-state index in [0.29, 0.717) is 5.41 Å². The highest BCUT2D eigenvalue weighted by Gasteiger charge is 2.46. The third kappa shape index (κ3) is 3.11. The van der Waals surface area contributed by atoms with E-state index in [1.54, 1.807) is 0 Å². The summed E-state index contributed by atoms with van der Waals surface area (Å²) in [4.78, 5) is 3.86. The van der Waals surface area contributed by atoms with Crippen LogP contribution in [0, 0.1) is 11.3 Å². The SMILES string of the molecule is CCC(C)(C)C1CCC2(CC1)NC[C@H](c1ccccc1Cl)c1c2[nH]c2ccccc12. The zero-order valence-corrected chi connectivity index (χ0v) is 19.2. The Balaban J connectivity index is 1.59. The van der Waals surface area contributed by atoms with Gasteiger partial charge >= 0.3 is 0 Å². The molecular formula is C27H33ClN2. The first kappa shape index (κ1) is 20.2. The van der Waals surface area contributed by atoms with Gasteiger partial charge in [-0.25, -0.2) is 0 Å². The Kier molecular flexibility index (Phi) is 4.99. The van der Waals surface area contributed by atoms with E-state index in [0.717, 1.165) is 17.5 Å². The van der Waals surface area contributed by atoms with Crippen LogP contribution < -0.4 is 5.32 Å². The average molecular weight is 421 g/mol. The standard InChI is InChI=1S/C27H33ClN2/c1-4-26(2,3)18-13-15-27(16-14-18)25-24(20-10-6-8-12-23(20)30-25)21(17-29-27)19-9-5-7-11-22(19)28/h5-12,18,21,29-30H,4,13-17H2,1-3H3/t18?,21-,27?/m1/s1. The second-order valence-electron chi connectivity index (χ2n) is 10.1. The zero-order valence-electron chi connectivity index (χ0n) is 18.4. The van der Waals surface area contributed by atoms with Gasteiger partial charge in [-0.1, -0.05) is 75.2 Å². The van der Waals surface area contributed by atoms with Crippen LogP contribution in [0.15, 0.2) is 48.5 Å². The third-order valence-electron chi connectivity index (χ3n) is 8.35. The molecule has 0 bridgehead atoms. The first-order valence-corrected chi connectivity index (χ1v) is 11.9. The van der Waals surface area contributed by atoms with Gasteiger partial charge < -0.3 is 10.3 Å². The Morgan fingerprint density at radius 2 is 1.73 bits per heavy atom. The molecule has 0 radical (unpaired) electrons. The molecule has 1 fully saturated rings. The number of hydrogen-bond donors (Lipinski definition) is 2. The van der Waals surface area contributed by atoms with Crippen molar-refractivity contribution in [1.29, 1.82) is 0 Å². The molecule has 30 heavy (non-hydrogen) atoms. The Bertz CT molecular complexity index is 1060. The molecule has 1 aliphatic heterocycles. The van der Waals surface area contributed by atoms with Crippen LogP contribution in [0.4, 0.5) is 0 Å². The molecule has 2 nitrogen and oxygen atoms in total. The summed E-state index contributed by atoms with van der Waals surface area (Å²) in [6.07, 6.45) is 6.25. The second-order valence-corrected chi connectivity index (χ2v) is 10.5. The van der Waals surface area contributed by atoms with E-state index < -0.39 is 0 Å². The Morgan fingerprint density at radius 1 is 1.03 bits per heavy atom. The molecule has 2 aliphatic rings. The molecule has 158 valence electrons. The topological polar surface area (TPSA) is 27.8 Å². The fourth-order valence-electron chi connectivity index (χ4n) is 6.02. The van der Waals surface area contributed by atoms with Gasteiger partial charge in [-0.05, 0) is 60.3 Å². The lowest BCUT2D eigenvalue weighted by Gasteiger charge is -2.48. The van der Waals surface area contributed by atoms with Gasteiger partial charge in [0.05, 0.1) is 5.54 Å². The van der Waals surface area contributed by atoms with Crippen molar-refractivity contribution in [3.63, 3.8) is 0 Å². The number of rotatable bonds is 3. The summed E-state index contributed by atoms with van der Waals surface area (Å²) in [7, 11) is 0. The number of fused-ring (bicyclic) bond motifs is 4. The van der Waals surface area contributed by atoms with Crippen LogP contribution in [-0.2, 0) is 5.54 Å². The van der Waals surface area contributed by atoms with E-state index in [9.17, 15) is 0 Å². The summed E-state index contributed by atoms with van der Waals surface area (Å²) in [6, 6.07) is 17.1. The Labute approximate surface area is 185 Å². The molecule has 0 amide bonds. The second kappa shape index (κ2) is 7.43. The predicted octanol–water partition coefficient (Wildman–Crippen LogP) is 7.38. The molecule has 1 aliphatic carbocycles. The molecule has 1 aromatic heterocycles. The summed E-state index contributed by atoms with van der Waals surface area (Å²) in [5.74, 6) is 1.09. The largest absolute Gasteiger partial charge is 0.357 e. The lowest BCUT2D eigenvalue weighted by molar-refractivity contribution is 0.0916. The molecule has 2 N–H and O–H groups in total. The molecule has 5 rings (SSSR count). The zero-order chi connectivity index (χ0) is 20.9. The van der Waals surface area contributed by atoms with Gasteiger partial charge in [0.1, 0.15) is 0 Å². The highest BCUT2D eigenvalue weighted by atomic mass is 35.5. The molecule has 0 saturated heterocycles. The van der Waals surface area contributed by atoms with Crippen molar-refractivity contribution in [2.75, 3.05) is 6.54 Å². The minimum atomic E-state index is 0.0619. The maximum Gasteiger partial charge on any atom is 0.0590 e. The molecule has 3 aromatic rings. The van der Waals surface area contributed by atoms with Crippen molar-refractivity contribution in [2.45, 2.75) is 64.3 Å². The highest BCUT2D eigenvalue weighted by Crippen LogP contribution is 2.51. The van der Waals surface area contributed by atoms with E-state index in [-0.39, 0.29) is 11.5 Å². The lowest BCUT2D eigenvalue weighted by Crippen LogP contribution is -2.51. The van der Waals surface area contributed by atoms with Crippen LogP contribution in [0.3, 0.4) is 0 Å². The van der Waals surface area contributed by atoms with Crippen molar-refractivity contribution in [3.05, 3.63) is 70.4 Å². The van der Waals surface area contributed by atoms with E-state index >= 15 is 0 Å². The molecule has 2 aromatic carbocycles. The smallest absolute Gasteiger partial charge is 0.0590 e. The van der Waals surface area contributed by atoms with Crippen LogP contribution in [0.1, 0.15) is 75.6 Å². The quantitative estimate of drug-likeness (QED) is 0.454. The summed E-state index contributed by atoms with van der Waals surface area (Å²) in [5.41, 5.74) is 5.84. The number of nitrogens with one attached hydrogen (secondary N) is 2. The minimum Gasteiger partial charge on any atom is -0.357 e. The highest BCUT2D eigenvalue weighted by molar-refractivity contribution is 6.31. The number of H-pyrrole nitrogens is 1. The van der Waals surface area contributed by atoms with Crippen LogP contribution in [0.5, 0.6) is 0 Å². The van der Waals surface area contributed by atoms with Crippen LogP contribution in [0.25, 0.3) is 10.9 Å². The first-order valence-electron chi connectivity index (χ1n) is 11.6. The Morgan fingerprint density at radius 3 is 2.47 bits per heavy atom. The van der Waals surface area contributed by atoms with Crippen molar-refractivity contribution < 1.29 is 0 Å². The normalized spacial score (nSPS) is 26.8. The first-order chi connectivity index (χ1) is 14.5. The third-order valence-corrected chi connectivity index (χ3v) is 8.70. The van der Waals surface area contributed by atoms with Gasteiger partial charge in [0.25, 0.3) is 0 Å². The number of benzene rings is 2. The van der Waals surface area contributed by atoms with Gasteiger partial charge in [0.2, 0.25) is 0 Å². The van der Waals surface area contributed by atoms with Crippen LogP contribution in [-0.4, -0.2) is 11.5 Å². The van der Waals surface area contributed by atoms with Gasteiger partial charge in [0, 0.05) is 34.1 Å².